The molecule has 0 bridgehead atoms. The highest BCUT2D eigenvalue weighted by molar-refractivity contribution is 9.10. The summed E-state index contributed by atoms with van der Waals surface area (Å²) < 4.78 is 0.938. The van der Waals surface area contributed by atoms with E-state index in [0.29, 0.717) is 12.2 Å². The molecule has 118 valence electrons. The number of carbonyl (C=O) groups is 2. The van der Waals surface area contributed by atoms with Gasteiger partial charge in [0, 0.05) is 16.7 Å². The Morgan fingerprint density at radius 1 is 1.23 bits per heavy atom. The second-order valence-electron chi connectivity index (χ2n) is 5.53. The van der Waals surface area contributed by atoms with Crippen molar-refractivity contribution in [2.75, 3.05) is 11.9 Å². The number of hydrogen-bond acceptors (Lipinski definition) is 2. The van der Waals surface area contributed by atoms with E-state index in [-0.39, 0.29) is 0 Å². The van der Waals surface area contributed by atoms with E-state index in [1.54, 1.807) is 6.07 Å². The fraction of sp³-hybridized carbons (Fsp3) is 0.412. The van der Waals surface area contributed by atoms with Gasteiger partial charge in [-0.15, -0.1) is 0 Å². The summed E-state index contributed by atoms with van der Waals surface area (Å²) >= 11 is 3.37. The van der Waals surface area contributed by atoms with Crippen molar-refractivity contribution in [1.29, 1.82) is 0 Å². The molecule has 1 aromatic rings. The molecule has 0 saturated carbocycles. The summed E-state index contributed by atoms with van der Waals surface area (Å²) in [6.45, 7) is 2.39. The van der Waals surface area contributed by atoms with Crippen LogP contribution in [0.15, 0.2) is 34.3 Å². The second-order valence-corrected chi connectivity index (χ2v) is 6.44. The third-order valence-electron chi connectivity index (χ3n) is 3.76. The Labute approximate surface area is 139 Å². The number of hydrogen-bond donors (Lipinski definition) is 2. The third-order valence-corrected chi connectivity index (χ3v) is 4.25. The van der Waals surface area contributed by atoms with Crippen LogP contribution in [0.5, 0.6) is 0 Å². The van der Waals surface area contributed by atoms with E-state index in [4.69, 9.17) is 0 Å². The first-order valence-corrected chi connectivity index (χ1v) is 8.39. The zero-order valence-corrected chi connectivity index (χ0v) is 14.3. The van der Waals surface area contributed by atoms with Crippen molar-refractivity contribution in [3.8, 4) is 0 Å². The lowest BCUT2D eigenvalue weighted by molar-refractivity contribution is -0.136. The van der Waals surface area contributed by atoms with Gasteiger partial charge in [-0.3, -0.25) is 9.59 Å². The summed E-state index contributed by atoms with van der Waals surface area (Å²) in [5.74, 6) is -1.21. The SMILES string of the molecule is Cc1cc(Br)ccc1NC(=O)C(=O)NCCC1=CCCCC1. The Bertz CT molecular complexity index is 596. The van der Waals surface area contributed by atoms with Gasteiger partial charge in [0.2, 0.25) is 0 Å². The molecule has 0 atom stereocenters. The van der Waals surface area contributed by atoms with Gasteiger partial charge in [-0.05, 0) is 62.8 Å². The first kappa shape index (κ1) is 16.7. The average Bonchev–Trinajstić information content (AvgIpc) is 2.51. The smallest absolute Gasteiger partial charge is 0.313 e. The van der Waals surface area contributed by atoms with E-state index in [2.05, 4.69) is 32.6 Å². The zero-order chi connectivity index (χ0) is 15.9. The lowest BCUT2D eigenvalue weighted by atomic mass is 9.97. The Balaban J connectivity index is 1.79. The molecular formula is C17H21BrN2O2. The quantitative estimate of drug-likeness (QED) is 0.631. The van der Waals surface area contributed by atoms with Crippen LogP contribution in [0, 0.1) is 6.92 Å². The molecule has 2 rings (SSSR count). The molecule has 0 aromatic heterocycles. The Kier molecular flexibility index (Phi) is 6.19. The van der Waals surface area contributed by atoms with Crippen LogP contribution in [0.3, 0.4) is 0 Å². The van der Waals surface area contributed by atoms with Crippen molar-refractivity contribution in [3.05, 3.63) is 39.9 Å². The number of anilines is 1. The Hall–Kier alpha value is -1.62. The molecule has 0 spiro atoms. The van der Waals surface area contributed by atoms with Crippen LogP contribution < -0.4 is 10.6 Å². The number of aryl methyl sites for hydroxylation is 1. The van der Waals surface area contributed by atoms with Gasteiger partial charge in [-0.2, -0.15) is 0 Å². The zero-order valence-electron chi connectivity index (χ0n) is 12.7. The topological polar surface area (TPSA) is 58.2 Å². The molecule has 0 saturated heterocycles. The maximum absolute atomic E-state index is 11.9. The lowest BCUT2D eigenvalue weighted by Crippen LogP contribution is -2.36. The van der Waals surface area contributed by atoms with Crippen LogP contribution in [-0.4, -0.2) is 18.4 Å². The summed E-state index contributed by atoms with van der Waals surface area (Å²) in [6, 6.07) is 5.50. The maximum Gasteiger partial charge on any atom is 0.313 e. The largest absolute Gasteiger partial charge is 0.348 e. The van der Waals surface area contributed by atoms with E-state index in [1.807, 2.05) is 19.1 Å². The highest BCUT2D eigenvalue weighted by atomic mass is 79.9. The van der Waals surface area contributed by atoms with Gasteiger partial charge >= 0.3 is 11.8 Å². The van der Waals surface area contributed by atoms with E-state index >= 15 is 0 Å². The van der Waals surface area contributed by atoms with Crippen molar-refractivity contribution < 1.29 is 9.59 Å². The highest BCUT2D eigenvalue weighted by Gasteiger charge is 2.14. The fourth-order valence-corrected chi connectivity index (χ4v) is 2.97. The molecule has 5 heteroatoms. The molecule has 1 aromatic carbocycles. The summed E-state index contributed by atoms with van der Waals surface area (Å²) in [4.78, 5) is 23.7. The van der Waals surface area contributed by atoms with E-state index in [1.165, 1.54) is 18.4 Å². The number of halogens is 1. The van der Waals surface area contributed by atoms with Gasteiger partial charge in [-0.1, -0.05) is 27.6 Å². The van der Waals surface area contributed by atoms with Crippen molar-refractivity contribution in [3.63, 3.8) is 0 Å². The summed E-state index contributed by atoms with van der Waals surface area (Å²) in [5, 5.41) is 5.32. The average molecular weight is 365 g/mol. The minimum absolute atomic E-state index is 0.511. The molecule has 0 heterocycles. The van der Waals surface area contributed by atoms with Gasteiger partial charge in [0.15, 0.2) is 0 Å². The van der Waals surface area contributed by atoms with E-state index in [9.17, 15) is 9.59 Å². The maximum atomic E-state index is 11.9. The van der Waals surface area contributed by atoms with Gasteiger partial charge in [0.25, 0.3) is 0 Å². The van der Waals surface area contributed by atoms with E-state index in [0.717, 1.165) is 29.3 Å². The molecule has 22 heavy (non-hydrogen) atoms. The monoisotopic (exact) mass is 364 g/mol. The molecular weight excluding hydrogens is 344 g/mol. The summed E-state index contributed by atoms with van der Waals surface area (Å²) in [5.41, 5.74) is 2.94. The summed E-state index contributed by atoms with van der Waals surface area (Å²) in [7, 11) is 0. The van der Waals surface area contributed by atoms with Crippen LogP contribution >= 0.6 is 15.9 Å². The Morgan fingerprint density at radius 3 is 2.73 bits per heavy atom. The van der Waals surface area contributed by atoms with Crippen LogP contribution in [0.25, 0.3) is 0 Å². The highest BCUT2D eigenvalue weighted by Crippen LogP contribution is 2.20. The predicted molar refractivity (Wildman–Crippen MR) is 91.7 cm³/mol. The standard InChI is InChI=1S/C17H21BrN2O2/c1-12-11-14(18)7-8-15(12)20-17(22)16(21)19-10-9-13-5-3-2-4-6-13/h5,7-8,11H,2-4,6,9-10H2,1H3,(H,19,21)(H,20,22). The van der Waals surface area contributed by atoms with Crippen molar-refractivity contribution in [2.45, 2.75) is 39.0 Å². The molecule has 0 aliphatic heterocycles. The number of nitrogens with one attached hydrogen (secondary N) is 2. The Morgan fingerprint density at radius 2 is 2.05 bits per heavy atom. The van der Waals surface area contributed by atoms with Crippen LogP contribution in [-0.2, 0) is 9.59 Å². The predicted octanol–water partition coefficient (Wildman–Crippen LogP) is 3.70. The van der Waals surface area contributed by atoms with Gasteiger partial charge in [0.05, 0.1) is 0 Å². The van der Waals surface area contributed by atoms with Gasteiger partial charge in [0.1, 0.15) is 0 Å². The molecule has 2 amide bonds. The van der Waals surface area contributed by atoms with Crippen molar-refractivity contribution in [2.24, 2.45) is 0 Å². The van der Waals surface area contributed by atoms with Crippen molar-refractivity contribution in [1.82, 2.24) is 5.32 Å². The van der Waals surface area contributed by atoms with Crippen LogP contribution in [0.2, 0.25) is 0 Å². The molecule has 0 radical (unpaired) electrons. The molecule has 2 N–H and O–H groups in total. The van der Waals surface area contributed by atoms with Crippen molar-refractivity contribution >= 4 is 33.4 Å². The first-order chi connectivity index (χ1) is 10.6. The minimum Gasteiger partial charge on any atom is -0.348 e. The number of carbonyl (C=O) groups excluding carboxylic acids is 2. The first-order valence-electron chi connectivity index (χ1n) is 7.59. The molecule has 0 unspecified atom stereocenters. The van der Waals surface area contributed by atoms with Crippen LogP contribution in [0.4, 0.5) is 5.69 Å². The lowest BCUT2D eigenvalue weighted by Gasteiger charge is -2.13. The van der Waals surface area contributed by atoms with E-state index < -0.39 is 11.8 Å². The third kappa shape index (κ3) is 4.98. The minimum atomic E-state index is -0.622. The number of allylic oxidation sites excluding steroid dienone is 1. The van der Waals surface area contributed by atoms with Gasteiger partial charge < -0.3 is 10.6 Å². The number of amides is 2. The molecule has 1 aliphatic rings. The fourth-order valence-electron chi connectivity index (χ4n) is 2.49. The molecule has 1 aliphatic carbocycles. The number of benzene rings is 1. The molecule has 0 fully saturated rings. The number of rotatable bonds is 4. The second kappa shape index (κ2) is 8.13. The molecule has 4 nitrogen and oxygen atoms in total. The van der Waals surface area contributed by atoms with Crippen LogP contribution in [0.1, 0.15) is 37.7 Å². The summed E-state index contributed by atoms with van der Waals surface area (Å²) in [6.07, 6.45) is 7.80. The van der Waals surface area contributed by atoms with Gasteiger partial charge in [-0.25, -0.2) is 0 Å². The normalized spacial score (nSPS) is 14.2.